The number of hydrogen-bond acceptors (Lipinski definition) is 4. The second-order valence-corrected chi connectivity index (χ2v) is 7.58. The average molecular weight is 321 g/mol. The van der Waals surface area contributed by atoms with Gasteiger partial charge >= 0.3 is 0 Å². The molecule has 1 aliphatic rings. The van der Waals surface area contributed by atoms with Crippen LogP contribution in [0.2, 0.25) is 0 Å². The van der Waals surface area contributed by atoms with Gasteiger partial charge in [-0.1, -0.05) is 25.5 Å². The summed E-state index contributed by atoms with van der Waals surface area (Å²) in [7, 11) is -3.43. The summed E-state index contributed by atoms with van der Waals surface area (Å²) in [5, 5.41) is 8.94. The van der Waals surface area contributed by atoms with E-state index in [1.807, 2.05) is 24.0 Å². The van der Waals surface area contributed by atoms with Crippen LogP contribution >= 0.6 is 0 Å². The Morgan fingerprint density at radius 1 is 1.18 bits per heavy atom. The predicted molar refractivity (Wildman–Crippen MR) is 85.8 cm³/mol. The summed E-state index contributed by atoms with van der Waals surface area (Å²) in [5.41, 5.74) is 1.16. The second-order valence-electron chi connectivity index (χ2n) is 5.64. The van der Waals surface area contributed by atoms with Crippen LogP contribution in [-0.2, 0) is 16.4 Å². The van der Waals surface area contributed by atoms with Crippen molar-refractivity contribution in [3.63, 3.8) is 0 Å². The van der Waals surface area contributed by atoms with Gasteiger partial charge in [-0.15, -0.1) is 0 Å². The Morgan fingerprint density at radius 3 is 2.27 bits per heavy atom. The molecule has 0 aromatic heterocycles. The van der Waals surface area contributed by atoms with Crippen LogP contribution < -0.4 is 0 Å². The van der Waals surface area contributed by atoms with Gasteiger partial charge in [0.05, 0.1) is 17.0 Å². The lowest BCUT2D eigenvalue weighted by atomic mass is 10.1. The number of hydrogen-bond donors (Lipinski definition) is 0. The first-order chi connectivity index (χ1) is 10.5. The van der Waals surface area contributed by atoms with Crippen LogP contribution in [0.1, 0.15) is 25.8 Å². The molecule has 6 heteroatoms. The van der Waals surface area contributed by atoms with E-state index in [1.54, 1.807) is 12.1 Å². The van der Waals surface area contributed by atoms with Crippen molar-refractivity contribution in [3.8, 4) is 6.07 Å². The standard InChI is InChI=1S/C16H23N3O2S/c1-3-4-15-5-7-16(8-6-15)22(20,21)19-11-9-18(10-12-19)14(2)13-17/h5-8,14H,3-4,9-12H2,1-2H3/t14-/m0/s1. The lowest BCUT2D eigenvalue weighted by Gasteiger charge is -2.35. The zero-order valence-electron chi connectivity index (χ0n) is 13.2. The van der Waals surface area contributed by atoms with Crippen molar-refractivity contribution in [3.05, 3.63) is 29.8 Å². The highest BCUT2D eigenvalue weighted by molar-refractivity contribution is 7.89. The summed E-state index contributed by atoms with van der Waals surface area (Å²) < 4.78 is 26.8. The number of piperazine rings is 1. The van der Waals surface area contributed by atoms with Gasteiger partial charge in [0.1, 0.15) is 0 Å². The van der Waals surface area contributed by atoms with Crippen LogP contribution in [0.3, 0.4) is 0 Å². The molecular formula is C16H23N3O2S. The van der Waals surface area contributed by atoms with E-state index in [9.17, 15) is 8.42 Å². The maximum absolute atomic E-state index is 12.6. The van der Waals surface area contributed by atoms with E-state index in [4.69, 9.17) is 5.26 Å². The number of aryl methyl sites for hydroxylation is 1. The molecule has 1 heterocycles. The van der Waals surface area contributed by atoms with Crippen LogP contribution in [-0.4, -0.2) is 49.8 Å². The highest BCUT2D eigenvalue weighted by Gasteiger charge is 2.29. The molecule has 0 radical (unpaired) electrons. The van der Waals surface area contributed by atoms with Crippen molar-refractivity contribution in [2.24, 2.45) is 0 Å². The third-order valence-corrected chi connectivity index (χ3v) is 6.02. The second kappa shape index (κ2) is 7.23. The Hall–Kier alpha value is -1.42. The first kappa shape index (κ1) is 16.9. The highest BCUT2D eigenvalue weighted by atomic mass is 32.2. The lowest BCUT2D eigenvalue weighted by Crippen LogP contribution is -2.50. The molecule has 1 aromatic rings. The summed E-state index contributed by atoms with van der Waals surface area (Å²) in [6.07, 6.45) is 2.01. The Morgan fingerprint density at radius 2 is 1.77 bits per heavy atom. The number of rotatable bonds is 5. The van der Waals surface area contributed by atoms with Gasteiger partial charge in [-0.3, -0.25) is 4.90 Å². The van der Waals surface area contributed by atoms with Crippen LogP contribution in [0.5, 0.6) is 0 Å². The van der Waals surface area contributed by atoms with Crippen molar-refractivity contribution in [2.45, 2.75) is 37.6 Å². The minimum atomic E-state index is -3.43. The molecule has 0 bridgehead atoms. The molecule has 0 spiro atoms. The molecule has 1 atom stereocenters. The van der Waals surface area contributed by atoms with Crippen LogP contribution in [0.4, 0.5) is 0 Å². The SMILES string of the molecule is CCCc1ccc(S(=O)(=O)N2CCN([C@@H](C)C#N)CC2)cc1. The van der Waals surface area contributed by atoms with Gasteiger partial charge < -0.3 is 0 Å². The number of nitriles is 1. The Kier molecular flexibility index (Phi) is 5.57. The molecule has 0 saturated carbocycles. The fourth-order valence-electron chi connectivity index (χ4n) is 2.68. The van der Waals surface area contributed by atoms with E-state index < -0.39 is 10.0 Å². The van der Waals surface area contributed by atoms with Crippen molar-refractivity contribution in [1.29, 1.82) is 5.26 Å². The van der Waals surface area contributed by atoms with Crippen LogP contribution in [0.25, 0.3) is 0 Å². The zero-order chi connectivity index (χ0) is 16.2. The minimum absolute atomic E-state index is 0.168. The van der Waals surface area contributed by atoms with Crippen molar-refractivity contribution in [1.82, 2.24) is 9.21 Å². The normalized spacial score (nSPS) is 18.8. The Labute approximate surface area is 133 Å². The van der Waals surface area contributed by atoms with Gasteiger partial charge in [0.15, 0.2) is 0 Å². The van der Waals surface area contributed by atoms with Crippen LogP contribution in [0, 0.1) is 11.3 Å². The summed E-state index contributed by atoms with van der Waals surface area (Å²) in [5.74, 6) is 0. The van der Waals surface area contributed by atoms with Gasteiger partial charge in [-0.25, -0.2) is 8.42 Å². The molecule has 0 aliphatic carbocycles. The first-order valence-electron chi connectivity index (χ1n) is 7.71. The van der Waals surface area contributed by atoms with Crippen molar-refractivity contribution in [2.75, 3.05) is 26.2 Å². The Balaban J connectivity index is 2.07. The number of sulfonamides is 1. The monoisotopic (exact) mass is 321 g/mol. The minimum Gasteiger partial charge on any atom is -0.286 e. The molecule has 22 heavy (non-hydrogen) atoms. The van der Waals surface area contributed by atoms with E-state index in [0.29, 0.717) is 31.1 Å². The Bertz CT molecular complexity index is 626. The van der Waals surface area contributed by atoms with E-state index in [0.717, 1.165) is 18.4 Å². The molecular weight excluding hydrogens is 298 g/mol. The third-order valence-electron chi connectivity index (χ3n) is 4.11. The smallest absolute Gasteiger partial charge is 0.243 e. The first-order valence-corrected chi connectivity index (χ1v) is 9.15. The largest absolute Gasteiger partial charge is 0.286 e. The molecule has 0 N–H and O–H groups in total. The van der Waals surface area contributed by atoms with Gasteiger partial charge in [0.25, 0.3) is 0 Å². The van der Waals surface area contributed by atoms with Crippen molar-refractivity contribution >= 4 is 10.0 Å². The quantitative estimate of drug-likeness (QED) is 0.830. The molecule has 1 saturated heterocycles. The highest BCUT2D eigenvalue weighted by Crippen LogP contribution is 2.19. The van der Waals surface area contributed by atoms with Gasteiger partial charge in [-0.2, -0.15) is 9.57 Å². The lowest BCUT2D eigenvalue weighted by molar-refractivity contribution is 0.169. The maximum atomic E-state index is 12.6. The van der Waals surface area contributed by atoms with Crippen molar-refractivity contribution < 1.29 is 8.42 Å². The van der Waals surface area contributed by atoms with Gasteiger partial charge in [0, 0.05) is 26.2 Å². The molecule has 1 aromatic carbocycles. The molecule has 1 fully saturated rings. The molecule has 1 aliphatic heterocycles. The van der Waals surface area contributed by atoms with E-state index in [-0.39, 0.29) is 6.04 Å². The van der Waals surface area contributed by atoms with E-state index in [2.05, 4.69) is 13.0 Å². The summed E-state index contributed by atoms with van der Waals surface area (Å²) >= 11 is 0. The maximum Gasteiger partial charge on any atom is 0.243 e. The molecule has 0 amide bonds. The van der Waals surface area contributed by atoms with Gasteiger partial charge in [-0.05, 0) is 31.0 Å². The molecule has 5 nitrogen and oxygen atoms in total. The molecule has 0 unspecified atom stereocenters. The number of nitrogens with zero attached hydrogens (tertiary/aromatic N) is 3. The molecule has 120 valence electrons. The topological polar surface area (TPSA) is 64.4 Å². The summed E-state index contributed by atoms with van der Waals surface area (Å²) in [6.45, 7) is 6.02. The fourth-order valence-corrected chi connectivity index (χ4v) is 4.10. The average Bonchev–Trinajstić information content (AvgIpc) is 2.55. The summed E-state index contributed by atoms with van der Waals surface area (Å²) in [6, 6.07) is 9.21. The summed E-state index contributed by atoms with van der Waals surface area (Å²) in [4.78, 5) is 2.37. The predicted octanol–water partition coefficient (Wildman–Crippen LogP) is 1.86. The number of benzene rings is 1. The zero-order valence-corrected chi connectivity index (χ0v) is 14.0. The van der Waals surface area contributed by atoms with Crippen LogP contribution in [0.15, 0.2) is 29.2 Å². The van der Waals surface area contributed by atoms with E-state index >= 15 is 0 Å². The fraction of sp³-hybridized carbons (Fsp3) is 0.562. The molecule has 2 rings (SSSR count). The third kappa shape index (κ3) is 3.67. The van der Waals surface area contributed by atoms with E-state index in [1.165, 1.54) is 4.31 Å². The van der Waals surface area contributed by atoms with Gasteiger partial charge in [0.2, 0.25) is 10.0 Å².